The van der Waals surface area contributed by atoms with Crippen molar-refractivity contribution in [1.29, 1.82) is 5.26 Å². The summed E-state index contributed by atoms with van der Waals surface area (Å²) >= 11 is 0. The molecular formula is C15H12FNO2. The number of hydrogen-bond donors (Lipinski definition) is 0. The van der Waals surface area contributed by atoms with E-state index >= 15 is 0 Å². The van der Waals surface area contributed by atoms with Crippen LogP contribution in [-0.2, 0) is 0 Å². The summed E-state index contributed by atoms with van der Waals surface area (Å²) in [5.41, 5.74) is 1.52. The lowest BCUT2D eigenvalue weighted by atomic mass is 10.0. The molecule has 2 aromatic rings. The summed E-state index contributed by atoms with van der Waals surface area (Å²) in [6.07, 6.45) is 0. The Hall–Kier alpha value is -2.54. The van der Waals surface area contributed by atoms with Crippen molar-refractivity contribution >= 4 is 0 Å². The highest BCUT2D eigenvalue weighted by Gasteiger charge is 2.12. The van der Waals surface area contributed by atoms with Gasteiger partial charge >= 0.3 is 0 Å². The first-order valence-corrected chi connectivity index (χ1v) is 5.61. The summed E-state index contributed by atoms with van der Waals surface area (Å²) in [4.78, 5) is 0. The van der Waals surface area contributed by atoms with Crippen LogP contribution in [0.2, 0.25) is 0 Å². The monoisotopic (exact) mass is 257 g/mol. The van der Waals surface area contributed by atoms with Crippen molar-refractivity contribution in [2.75, 3.05) is 14.2 Å². The van der Waals surface area contributed by atoms with Gasteiger partial charge in [-0.15, -0.1) is 0 Å². The quantitative estimate of drug-likeness (QED) is 0.846. The fraction of sp³-hybridized carbons (Fsp3) is 0.133. The van der Waals surface area contributed by atoms with Crippen LogP contribution < -0.4 is 9.47 Å². The number of halogens is 1. The van der Waals surface area contributed by atoms with E-state index in [-0.39, 0.29) is 5.56 Å². The number of nitrogens with zero attached hydrogens (tertiary/aromatic N) is 1. The van der Waals surface area contributed by atoms with Crippen LogP contribution in [0.25, 0.3) is 11.1 Å². The van der Waals surface area contributed by atoms with Crippen LogP contribution in [0.15, 0.2) is 36.4 Å². The smallest absolute Gasteiger partial charge is 0.168 e. The average Bonchev–Trinajstić information content (AvgIpc) is 2.45. The molecule has 0 aliphatic rings. The molecule has 2 aromatic carbocycles. The highest BCUT2D eigenvalue weighted by Crippen LogP contribution is 2.38. The van der Waals surface area contributed by atoms with Gasteiger partial charge in [0.15, 0.2) is 11.5 Å². The van der Waals surface area contributed by atoms with Gasteiger partial charge in [-0.3, -0.25) is 0 Å². The van der Waals surface area contributed by atoms with Crippen LogP contribution in [0.4, 0.5) is 4.39 Å². The number of methoxy groups -OCH3 is 2. The van der Waals surface area contributed by atoms with E-state index in [2.05, 4.69) is 0 Å². The maximum Gasteiger partial charge on any atom is 0.168 e. The second-order valence-corrected chi connectivity index (χ2v) is 3.88. The van der Waals surface area contributed by atoms with Crippen LogP contribution in [-0.4, -0.2) is 14.2 Å². The maximum atomic E-state index is 13.5. The van der Waals surface area contributed by atoms with Crippen molar-refractivity contribution in [3.05, 3.63) is 47.8 Å². The van der Waals surface area contributed by atoms with E-state index in [1.54, 1.807) is 24.3 Å². The first-order chi connectivity index (χ1) is 9.19. The van der Waals surface area contributed by atoms with Gasteiger partial charge in [0.1, 0.15) is 5.82 Å². The Kier molecular flexibility index (Phi) is 3.67. The standard InChI is InChI=1S/C15H12FNO2/c1-18-14-5-3-4-13(15(14)19-2)11-6-10(9-17)7-12(16)8-11/h3-8H,1-2H3. The molecule has 0 radical (unpaired) electrons. The van der Waals surface area contributed by atoms with Crippen LogP contribution in [0.3, 0.4) is 0 Å². The lowest BCUT2D eigenvalue weighted by molar-refractivity contribution is 0.356. The average molecular weight is 257 g/mol. The first kappa shape index (κ1) is 12.9. The molecule has 4 heteroatoms. The number of hydrogen-bond acceptors (Lipinski definition) is 3. The Bertz CT molecular complexity index is 647. The van der Waals surface area contributed by atoms with Gasteiger partial charge in [-0.1, -0.05) is 12.1 Å². The lowest BCUT2D eigenvalue weighted by Crippen LogP contribution is -1.94. The number of benzene rings is 2. The lowest BCUT2D eigenvalue weighted by Gasteiger charge is -2.12. The van der Waals surface area contributed by atoms with Gasteiger partial charge in [0.05, 0.1) is 25.9 Å². The van der Waals surface area contributed by atoms with Gasteiger partial charge in [-0.2, -0.15) is 5.26 Å². The molecule has 0 amide bonds. The molecule has 96 valence electrons. The van der Waals surface area contributed by atoms with E-state index in [9.17, 15) is 4.39 Å². The highest BCUT2D eigenvalue weighted by atomic mass is 19.1. The van der Waals surface area contributed by atoms with Gasteiger partial charge in [0.2, 0.25) is 0 Å². The minimum atomic E-state index is -0.459. The van der Waals surface area contributed by atoms with Crippen molar-refractivity contribution in [3.8, 4) is 28.7 Å². The van der Waals surface area contributed by atoms with E-state index < -0.39 is 5.82 Å². The third-order valence-electron chi connectivity index (χ3n) is 2.74. The molecule has 0 spiro atoms. The fourth-order valence-corrected chi connectivity index (χ4v) is 1.92. The fourth-order valence-electron chi connectivity index (χ4n) is 1.92. The predicted octanol–water partition coefficient (Wildman–Crippen LogP) is 3.38. The van der Waals surface area contributed by atoms with Crippen molar-refractivity contribution in [2.24, 2.45) is 0 Å². The van der Waals surface area contributed by atoms with E-state index in [0.717, 1.165) is 0 Å². The molecule has 0 unspecified atom stereocenters. The molecule has 0 bridgehead atoms. The minimum absolute atomic E-state index is 0.264. The second-order valence-electron chi connectivity index (χ2n) is 3.88. The van der Waals surface area contributed by atoms with Crippen LogP contribution in [0, 0.1) is 17.1 Å². The largest absolute Gasteiger partial charge is 0.493 e. The topological polar surface area (TPSA) is 42.2 Å². The zero-order valence-corrected chi connectivity index (χ0v) is 10.6. The van der Waals surface area contributed by atoms with Gasteiger partial charge < -0.3 is 9.47 Å². The molecule has 0 aliphatic carbocycles. The summed E-state index contributed by atoms with van der Waals surface area (Å²) in [5.74, 6) is 0.612. The molecule has 0 aliphatic heterocycles. The van der Waals surface area contributed by atoms with E-state index in [1.807, 2.05) is 6.07 Å². The Morgan fingerprint density at radius 3 is 2.53 bits per heavy atom. The second kappa shape index (κ2) is 5.40. The van der Waals surface area contributed by atoms with E-state index in [0.29, 0.717) is 22.6 Å². The van der Waals surface area contributed by atoms with E-state index in [4.69, 9.17) is 14.7 Å². The van der Waals surface area contributed by atoms with Gasteiger partial charge in [-0.05, 0) is 29.8 Å². The summed E-state index contributed by atoms with van der Waals surface area (Å²) in [6.45, 7) is 0. The maximum absolute atomic E-state index is 13.5. The number of rotatable bonds is 3. The van der Waals surface area contributed by atoms with Gasteiger partial charge in [0.25, 0.3) is 0 Å². The molecule has 0 saturated carbocycles. The zero-order chi connectivity index (χ0) is 13.8. The molecule has 3 nitrogen and oxygen atoms in total. The summed E-state index contributed by atoms with van der Waals surface area (Å²) in [6, 6.07) is 11.4. The van der Waals surface area contributed by atoms with Crippen LogP contribution in [0.5, 0.6) is 11.5 Å². The molecule has 0 heterocycles. The summed E-state index contributed by atoms with van der Waals surface area (Å²) in [7, 11) is 3.06. The van der Waals surface area contributed by atoms with Gasteiger partial charge in [-0.25, -0.2) is 4.39 Å². The number of ether oxygens (including phenoxy) is 2. The SMILES string of the molecule is COc1cccc(-c2cc(F)cc(C#N)c2)c1OC. The molecule has 0 aromatic heterocycles. The van der Waals surface area contributed by atoms with Crippen molar-refractivity contribution in [2.45, 2.75) is 0 Å². The Morgan fingerprint density at radius 1 is 1.11 bits per heavy atom. The Balaban J connectivity index is 2.65. The highest BCUT2D eigenvalue weighted by molar-refractivity contribution is 5.74. The van der Waals surface area contributed by atoms with Crippen molar-refractivity contribution in [1.82, 2.24) is 0 Å². The summed E-state index contributed by atoms with van der Waals surface area (Å²) < 4.78 is 24.0. The van der Waals surface area contributed by atoms with Gasteiger partial charge in [0, 0.05) is 5.56 Å². The van der Waals surface area contributed by atoms with E-state index in [1.165, 1.54) is 26.4 Å². The zero-order valence-electron chi connectivity index (χ0n) is 10.6. The number of nitriles is 1. The normalized spacial score (nSPS) is 9.79. The Morgan fingerprint density at radius 2 is 1.89 bits per heavy atom. The number of para-hydroxylation sites is 1. The molecule has 0 saturated heterocycles. The molecular weight excluding hydrogens is 245 g/mol. The molecule has 0 fully saturated rings. The van der Waals surface area contributed by atoms with Crippen LogP contribution in [0.1, 0.15) is 5.56 Å². The predicted molar refractivity (Wildman–Crippen MR) is 69.7 cm³/mol. The van der Waals surface area contributed by atoms with Crippen LogP contribution >= 0.6 is 0 Å². The minimum Gasteiger partial charge on any atom is -0.493 e. The summed E-state index contributed by atoms with van der Waals surface area (Å²) in [5, 5.41) is 8.89. The third kappa shape index (κ3) is 2.50. The molecule has 19 heavy (non-hydrogen) atoms. The molecule has 2 rings (SSSR count). The van der Waals surface area contributed by atoms with Crippen molar-refractivity contribution < 1.29 is 13.9 Å². The Labute approximate surface area is 110 Å². The molecule has 0 atom stereocenters. The third-order valence-corrected chi connectivity index (χ3v) is 2.74. The van der Waals surface area contributed by atoms with Crippen molar-refractivity contribution in [3.63, 3.8) is 0 Å². The first-order valence-electron chi connectivity index (χ1n) is 5.61. The molecule has 0 N–H and O–H groups in total.